The van der Waals surface area contributed by atoms with Gasteiger partial charge < -0.3 is 24.8 Å². The highest BCUT2D eigenvalue weighted by molar-refractivity contribution is 5.79. The number of ether oxygens (including phenoxy) is 3. The Morgan fingerprint density at radius 3 is 2.63 bits per heavy atom. The van der Waals surface area contributed by atoms with E-state index in [-0.39, 0.29) is 13.4 Å². The van der Waals surface area contributed by atoms with Crippen molar-refractivity contribution in [2.24, 2.45) is 4.99 Å². The smallest absolute Gasteiger partial charge is 0.411 e. The number of hydrogen-bond acceptors (Lipinski definition) is 4. The molecule has 0 saturated carbocycles. The molecule has 2 aromatic rings. The quantitative estimate of drug-likeness (QED) is 0.503. The molecule has 0 unspecified atom stereocenters. The normalized spacial score (nSPS) is 13.4. The van der Waals surface area contributed by atoms with E-state index in [0.717, 1.165) is 29.0 Å². The molecule has 1 aliphatic heterocycles. The number of fused-ring (bicyclic) bond motifs is 1. The summed E-state index contributed by atoms with van der Waals surface area (Å²) >= 11 is 0. The van der Waals surface area contributed by atoms with Crippen LogP contribution >= 0.6 is 0 Å². The predicted octanol–water partition coefficient (Wildman–Crippen LogP) is 3.40. The van der Waals surface area contributed by atoms with Gasteiger partial charge in [0, 0.05) is 20.1 Å². The number of hydrogen-bond donors (Lipinski definition) is 2. The number of rotatable bonds is 8. The molecule has 0 spiro atoms. The first kappa shape index (κ1) is 21.8. The molecule has 2 N–H and O–H groups in total. The van der Waals surface area contributed by atoms with E-state index in [0.29, 0.717) is 24.6 Å². The van der Waals surface area contributed by atoms with E-state index in [9.17, 15) is 13.2 Å². The van der Waals surface area contributed by atoms with Crippen LogP contribution < -0.4 is 20.1 Å². The highest BCUT2D eigenvalue weighted by atomic mass is 19.4. The van der Waals surface area contributed by atoms with Crippen molar-refractivity contribution in [3.63, 3.8) is 0 Å². The largest absolute Gasteiger partial charge is 0.454 e. The number of aliphatic imine (C=N–C) groups is 1. The van der Waals surface area contributed by atoms with Crippen LogP contribution in [0.3, 0.4) is 0 Å². The van der Waals surface area contributed by atoms with E-state index < -0.39 is 12.8 Å². The molecule has 1 heterocycles. The zero-order valence-electron chi connectivity index (χ0n) is 16.6. The van der Waals surface area contributed by atoms with Crippen molar-refractivity contribution in [2.45, 2.75) is 25.7 Å². The summed E-state index contributed by atoms with van der Waals surface area (Å²) in [4.78, 5) is 4.19. The number of benzene rings is 2. The number of alkyl halides is 3. The topological polar surface area (TPSA) is 64.1 Å². The second kappa shape index (κ2) is 10.2. The Hall–Kier alpha value is -2.94. The van der Waals surface area contributed by atoms with Gasteiger partial charge in [-0.3, -0.25) is 4.99 Å². The lowest BCUT2D eigenvalue weighted by atomic mass is 10.1. The Balaban J connectivity index is 1.42. The first-order valence-electron chi connectivity index (χ1n) is 9.48. The average Bonchev–Trinajstić information content (AvgIpc) is 3.18. The van der Waals surface area contributed by atoms with Gasteiger partial charge in [-0.05, 0) is 35.2 Å². The second-order valence-electron chi connectivity index (χ2n) is 6.72. The van der Waals surface area contributed by atoms with Crippen molar-refractivity contribution >= 4 is 5.96 Å². The van der Waals surface area contributed by atoms with Crippen molar-refractivity contribution in [3.05, 3.63) is 59.2 Å². The molecule has 3 rings (SSSR count). The molecule has 6 nitrogen and oxygen atoms in total. The minimum absolute atomic E-state index is 0.0874. The van der Waals surface area contributed by atoms with Gasteiger partial charge in [0.2, 0.25) is 6.79 Å². The maximum atomic E-state index is 12.2. The molecule has 0 aromatic heterocycles. The average molecular weight is 423 g/mol. The van der Waals surface area contributed by atoms with Crippen LogP contribution in [0.4, 0.5) is 13.2 Å². The van der Waals surface area contributed by atoms with Gasteiger partial charge in [-0.25, -0.2) is 0 Å². The Morgan fingerprint density at radius 2 is 1.83 bits per heavy atom. The van der Waals surface area contributed by atoms with E-state index in [1.807, 2.05) is 30.3 Å². The van der Waals surface area contributed by atoms with Gasteiger partial charge in [0.25, 0.3) is 0 Å². The highest BCUT2D eigenvalue weighted by Crippen LogP contribution is 2.32. The van der Waals surface area contributed by atoms with Crippen LogP contribution in [0.5, 0.6) is 11.5 Å². The Morgan fingerprint density at radius 1 is 1.03 bits per heavy atom. The fourth-order valence-electron chi connectivity index (χ4n) is 2.94. The van der Waals surface area contributed by atoms with E-state index in [1.165, 1.54) is 0 Å². The molecule has 0 aliphatic carbocycles. The van der Waals surface area contributed by atoms with Crippen LogP contribution in [-0.4, -0.2) is 39.1 Å². The van der Waals surface area contributed by atoms with Crippen LogP contribution in [0, 0.1) is 0 Å². The summed E-state index contributed by atoms with van der Waals surface area (Å²) in [7, 11) is 1.68. The number of nitrogens with one attached hydrogen (secondary N) is 2. The number of nitrogens with zero attached hydrogens (tertiary/aromatic N) is 1. The van der Waals surface area contributed by atoms with Crippen molar-refractivity contribution in [1.82, 2.24) is 10.6 Å². The highest BCUT2D eigenvalue weighted by Gasteiger charge is 2.27. The molecule has 0 radical (unpaired) electrons. The van der Waals surface area contributed by atoms with Crippen LogP contribution in [-0.2, 0) is 24.3 Å². The van der Waals surface area contributed by atoms with Crippen molar-refractivity contribution < 1.29 is 27.4 Å². The third-order valence-corrected chi connectivity index (χ3v) is 4.35. The minimum atomic E-state index is -4.32. The van der Waals surface area contributed by atoms with E-state index >= 15 is 0 Å². The van der Waals surface area contributed by atoms with Gasteiger partial charge in [0.05, 0.1) is 6.61 Å². The lowest BCUT2D eigenvalue weighted by Gasteiger charge is -2.13. The summed E-state index contributed by atoms with van der Waals surface area (Å²) in [5, 5.41) is 6.43. The summed E-state index contributed by atoms with van der Waals surface area (Å²) in [5.74, 6) is 2.15. The first-order chi connectivity index (χ1) is 14.4. The van der Waals surface area contributed by atoms with Gasteiger partial charge in [-0.15, -0.1) is 0 Å². The minimum Gasteiger partial charge on any atom is -0.454 e. The standard InChI is InChI=1S/C21H24F3N3O3/c1-25-20(26-8-7-15-5-6-18-19(10-15)30-14-29-18)27-11-16-3-2-4-17(9-16)12-28-13-21(22,23)24/h2-6,9-10H,7-8,11-14H2,1H3,(H2,25,26,27). The monoisotopic (exact) mass is 423 g/mol. The van der Waals surface area contributed by atoms with Crippen molar-refractivity contribution in [3.8, 4) is 11.5 Å². The van der Waals surface area contributed by atoms with Gasteiger partial charge in [-0.1, -0.05) is 30.3 Å². The number of halogens is 3. The lowest BCUT2D eigenvalue weighted by molar-refractivity contribution is -0.176. The molecular weight excluding hydrogens is 399 g/mol. The summed E-state index contributed by atoms with van der Waals surface area (Å²) < 4.78 is 52.0. The van der Waals surface area contributed by atoms with Crippen LogP contribution in [0.15, 0.2) is 47.5 Å². The Kier molecular flexibility index (Phi) is 7.40. The third-order valence-electron chi connectivity index (χ3n) is 4.35. The molecule has 0 saturated heterocycles. The van der Waals surface area contributed by atoms with Gasteiger partial charge in [-0.2, -0.15) is 13.2 Å². The predicted molar refractivity (Wildman–Crippen MR) is 107 cm³/mol. The van der Waals surface area contributed by atoms with E-state index in [4.69, 9.17) is 14.2 Å². The SMILES string of the molecule is CN=C(NCCc1ccc2c(c1)OCO2)NCc1cccc(COCC(F)(F)F)c1. The number of guanidine groups is 1. The van der Waals surface area contributed by atoms with Crippen LogP contribution in [0.2, 0.25) is 0 Å². The molecule has 0 atom stereocenters. The molecular formula is C21H24F3N3O3. The first-order valence-corrected chi connectivity index (χ1v) is 9.48. The summed E-state index contributed by atoms with van der Waals surface area (Å²) in [6.07, 6.45) is -3.54. The van der Waals surface area contributed by atoms with Crippen LogP contribution in [0.25, 0.3) is 0 Å². The molecule has 0 bridgehead atoms. The van der Waals surface area contributed by atoms with E-state index in [1.54, 1.807) is 19.2 Å². The van der Waals surface area contributed by atoms with Crippen LogP contribution in [0.1, 0.15) is 16.7 Å². The fraction of sp³-hybridized carbons (Fsp3) is 0.381. The Bertz CT molecular complexity index is 872. The zero-order valence-corrected chi connectivity index (χ0v) is 16.6. The summed E-state index contributed by atoms with van der Waals surface area (Å²) in [6.45, 7) is 0.0654. The summed E-state index contributed by atoms with van der Waals surface area (Å²) in [5.41, 5.74) is 2.72. The molecule has 30 heavy (non-hydrogen) atoms. The van der Waals surface area contributed by atoms with E-state index in [2.05, 4.69) is 15.6 Å². The molecule has 9 heteroatoms. The summed E-state index contributed by atoms with van der Waals surface area (Å²) in [6, 6.07) is 13.1. The lowest BCUT2D eigenvalue weighted by Crippen LogP contribution is -2.37. The van der Waals surface area contributed by atoms with Gasteiger partial charge >= 0.3 is 6.18 Å². The molecule has 0 fully saturated rings. The maximum Gasteiger partial charge on any atom is 0.411 e. The maximum absolute atomic E-state index is 12.2. The van der Waals surface area contributed by atoms with Gasteiger partial charge in [0.15, 0.2) is 17.5 Å². The molecule has 1 aliphatic rings. The Labute approximate surface area is 173 Å². The van der Waals surface area contributed by atoms with Gasteiger partial charge in [0.1, 0.15) is 6.61 Å². The van der Waals surface area contributed by atoms with Crippen molar-refractivity contribution in [1.29, 1.82) is 0 Å². The zero-order chi connectivity index (χ0) is 21.4. The van der Waals surface area contributed by atoms with Crippen molar-refractivity contribution in [2.75, 3.05) is 27.0 Å². The second-order valence-corrected chi connectivity index (χ2v) is 6.72. The fourth-order valence-corrected chi connectivity index (χ4v) is 2.94. The molecule has 162 valence electrons. The molecule has 0 amide bonds. The third kappa shape index (κ3) is 6.84. The molecule has 2 aromatic carbocycles.